The van der Waals surface area contributed by atoms with Gasteiger partial charge in [-0.2, -0.15) is 0 Å². The van der Waals surface area contributed by atoms with Gasteiger partial charge in [0.05, 0.1) is 18.0 Å². The van der Waals surface area contributed by atoms with Crippen LogP contribution in [0.15, 0.2) is 12.4 Å². The fourth-order valence-corrected chi connectivity index (χ4v) is 1.59. The molecule has 0 aromatic carbocycles. The van der Waals surface area contributed by atoms with Gasteiger partial charge >= 0.3 is 0 Å². The molecular weight excluding hydrogens is 194 g/mol. The third-order valence-corrected chi connectivity index (χ3v) is 2.45. The van der Waals surface area contributed by atoms with Gasteiger partial charge in [0.25, 0.3) is 5.91 Å². The Hall–Kier alpha value is -1.49. The van der Waals surface area contributed by atoms with Crippen LogP contribution in [0, 0.1) is 6.92 Å². The highest BCUT2D eigenvalue weighted by molar-refractivity contribution is 5.92. The second-order valence-electron chi connectivity index (χ2n) is 3.74. The minimum Gasteiger partial charge on any atom is -0.391 e. The maximum atomic E-state index is 11.8. The van der Waals surface area contributed by atoms with Crippen molar-refractivity contribution in [3.8, 4) is 0 Å². The normalized spacial score (nSPS) is 20.7. The molecule has 0 unspecified atom stereocenters. The van der Waals surface area contributed by atoms with Gasteiger partial charge in [-0.25, -0.2) is 4.98 Å². The molecule has 1 saturated heterocycles. The monoisotopic (exact) mass is 207 g/mol. The van der Waals surface area contributed by atoms with Crippen molar-refractivity contribution in [2.24, 2.45) is 0 Å². The van der Waals surface area contributed by atoms with Crippen LogP contribution < -0.4 is 0 Å². The summed E-state index contributed by atoms with van der Waals surface area (Å²) in [4.78, 5) is 21.4. The Labute approximate surface area is 87.8 Å². The van der Waals surface area contributed by atoms with E-state index < -0.39 is 6.10 Å². The molecule has 2 heterocycles. The van der Waals surface area contributed by atoms with E-state index in [0.29, 0.717) is 25.2 Å². The van der Waals surface area contributed by atoms with Crippen molar-refractivity contribution in [1.82, 2.24) is 14.9 Å². The van der Waals surface area contributed by atoms with Crippen LogP contribution in [-0.4, -0.2) is 45.1 Å². The van der Waals surface area contributed by atoms with E-state index in [-0.39, 0.29) is 5.91 Å². The van der Waals surface area contributed by atoms with Gasteiger partial charge < -0.3 is 10.0 Å². The number of aliphatic hydroxyl groups is 1. The first-order valence-electron chi connectivity index (χ1n) is 4.93. The molecule has 15 heavy (non-hydrogen) atoms. The van der Waals surface area contributed by atoms with E-state index in [0.717, 1.165) is 5.69 Å². The summed E-state index contributed by atoms with van der Waals surface area (Å²) in [5.41, 5.74) is 1.13. The molecule has 1 aliphatic heterocycles. The van der Waals surface area contributed by atoms with Gasteiger partial charge in [0, 0.05) is 19.3 Å². The van der Waals surface area contributed by atoms with Gasteiger partial charge in [0.15, 0.2) is 0 Å². The summed E-state index contributed by atoms with van der Waals surface area (Å²) in [7, 11) is 0. The number of carbonyl (C=O) groups is 1. The second kappa shape index (κ2) is 3.94. The number of aromatic nitrogens is 2. The number of aliphatic hydroxyl groups excluding tert-OH is 1. The molecule has 0 bridgehead atoms. The Balaban J connectivity index is 2.11. The van der Waals surface area contributed by atoms with E-state index in [4.69, 9.17) is 0 Å². The summed E-state index contributed by atoms with van der Waals surface area (Å²) in [6.07, 6.45) is 3.29. The maximum Gasteiger partial charge on any atom is 0.274 e. The standard InChI is InChI=1S/C10H13N3O2/c1-7-4-12-9(5-11-7)10(15)13-3-2-8(14)6-13/h4-5,8,14H,2-3,6H2,1H3/t8-/m1/s1. The van der Waals surface area contributed by atoms with Crippen LogP contribution in [-0.2, 0) is 0 Å². The van der Waals surface area contributed by atoms with Crippen LogP contribution in [0.4, 0.5) is 0 Å². The minimum absolute atomic E-state index is 0.154. The molecule has 80 valence electrons. The largest absolute Gasteiger partial charge is 0.391 e. The summed E-state index contributed by atoms with van der Waals surface area (Å²) < 4.78 is 0. The predicted octanol–water partition coefficient (Wildman–Crippen LogP) is -0.00818. The van der Waals surface area contributed by atoms with E-state index >= 15 is 0 Å². The Morgan fingerprint density at radius 2 is 2.33 bits per heavy atom. The first-order valence-corrected chi connectivity index (χ1v) is 4.93. The van der Waals surface area contributed by atoms with Crippen molar-refractivity contribution in [2.75, 3.05) is 13.1 Å². The minimum atomic E-state index is -0.396. The number of nitrogens with zero attached hydrogens (tertiary/aromatic N) is 3. The molecule has 1 amide bonds. The van der Waals surface area contributed by atoms with Gasteiger partial charge in [0.1, 0.15) is 5.69 Å². The van der Waals surface area contributed by atoms with Gasteiger partial charge in [0.2, 0.25) is 0 Å². The van der Waals surface area contributed by atoms with Crippen LogP contribution in [0.3, 0.4) is 0 Å². The van der Waals surface area contributed by atoms with Crippen molar-refractivity contribution in [1.29, 1.82) is 0 Å². The lowest BCUT2D eigenvalue weighted by Crippen LogP contribution is -2.30. The molecule has 1 fully saturated rings. The molecule has 0 aliphatic carbocycles. The first kappa shape index (κ1) is 10.0. The summed E-state index contributed by atoms with van der Waals surface area (Å²) in [5.74, 6) is -0.154. The SMILES string of the molecule is Cc1cnc(C(=O)N2CC[C@@H](O)C2)cn1. The zero-order chi connectivity index (χ0) is 10.8. The summed E-state index contributed by atoms with van der Waals surface area (Å²) in [6, 6.07) is 0. The lowest BCUT2D eigenvalue weighted by Gasteiger charge is -2.14. The fraction of sp³-hybridized carbons (Fsp3) is 0.500. The van der Waals surface area contributed by atoms with Crippen molar-refractivity contribution >= 4 is 5.91 Å². The highest BCUT2D eigenvalue weighted by Gasteiger charge is 2.26. The number of hydrogen-bond acceptors (Lipinski definition) is 4. The quantitative estimate of drug-likeness (QED) is 0.703. The number of rotatable bonds is 1. The molecule has 5 heteroatoms. The Morgan fingerprint density at radius 1 is 1.53 bits per heavy atom. The van der Waals surface area contributed by atoms with Gasteiger partial charge in [-0.3, -0.25) is 9.78 Å². The molecular formula is C10H13N3O2. The van der Waals surface area contributed by atoms with Crippen LogP contribution >= 0.6 is 0 Å². The van der Waals surface area contributed by atoms with E-state index in [1.165, 1.54) is 6.20 Å². The average molecular weight is 207 g/mol. The Bertz CT molecular complexity index is 363. The molecule has 2 rings (SSSR count). The molecule has 1 aromatic rings. The fourth-order valence-electron chi connectivity index (χ4n) is 1.59. The lowest BCUT2D eigenvalue weighted by molar-refractivity contribution is 0.0758. The predicted molar refractivity (Wildman–Crippen MR) is 53.3 cm³/mol. The third kappa shape index (κ3) is 2.12. The molecule has 0 radical (unpaired) electrons. The number of likely N-dealkylation sites (tertiary alicyclic amines) is 1. The van der Waals surface area contributed by atoms with Gasteiger partial charge in [-0.1, -0.05) is 0 Å². The lowest BCUT2D eigenvalue weighted by atomic mass is 10.3. The van der Waals surface area contributed by atoms with Gasteiger partial charge in [-0.15, -0.1) is 0 Å². The first-order chi connectivity index (χ1) is 7.16. The van der Waals surface area contributed by atoms with Crippen molar-refractivity contribution in [3.63, 3.8) is 0 Å². The zero-order valence-electron chi connectivity index (χ0n) is 8.55. The topological polar surface area (TPSA) is 66.3 Å². The van der Waals surface area contributed by atoms with E-state index in [1.807, 2.05) is 6.92 Å². The van der Waals surface area contributed by atoms with E-state index in [1.54, 1.807) is 11.1 Å². The smallest absolute Gasteiger partial charge is 0.274 e. The molecule has 0 saturated carbocycles. The van der Waals surface area contributed by atoms with Gasteiger partial charge in [-0.05, 0) is 13.3 Å². The highest BCUT2D eigenvalue weighted by Crippen LogP contribution is 2.11. The second-order valence-corrected chi connectivity index (χ2v) is 3.74. The molecule has 1 aromatic heterocycles. The van der Waals surface area contributed by atoms with Crippen molar-refractivity contribution < 1.29 is 9.90 Å². The summed E-state index contributed by atoms with van der Waals surface area (Å²) in [5, 5.41) is 9.31. The summed E-state index contributed by atoms with van der Waals surface area (Å²) in [6.45, 7) is 2.81. The highest BCUT2D eigenvalue weighted by atomic mass is 16.3. The van der Waals surface area contributed by atoms with E-state index in [9.17, 15) is 9.90 Å². The van der Waals surface area contributed by atoms with Crippen LogP contribution in [0.25, 0.3) is 0 Å². The number of hydrogen-bond donors (Lipinski definition) is 1. The average Bonchev–Trinajstić information content (AvgIpc) is 2.65. The maximum absolute atomic E-state index is 11.8. The number of carbonyl (C=O) groups excluding carboxylic acids is 1. The summed E-state index contributed by atoms with van der Waals surface area (Å²) >= 11 is 0. The van der Waals surface area contributed by atoms with Crippen LogP contribution in [0.1, 0.15) is 22.6 Å². The number of aryl methyl sites for hydroxylation is 1. The molecule has 1 atom stereocenters. The van der Waals surface area contributed by atoms with Crippen molar-refractivity contribution in [2.45, 2.75) is 19.4 Å². The molecule has 1 N–H and O–H groups in total. The number of β-amino-alcohol motifs (C(OH)–C–C–N with tert-alkyl or cyclic N) is 1. The molecule has 5 nitrogen and oxygen atoms in total. The Kier molecular flexibility index (Phi) is 2.64. The molecule has 0 spiro atoms. The van der Waals surface area contributed by atoms with Crippen molar-refractivity contribution in [3.05, 3.63) is 23.8 Å². The Morgan fingerprint density at radius 3 is 2.87 bits per heavy atom. The third-order valence-electron chi connectivity index (χ3n) is 2.45. The van der Waals surface area contributed by atoms with E-state index in [2.05, 4.69) is 9.97 Å². The van der Waals surface area contributed by atoms with Crippen LogP contribution in [0.5, 0.6) is 0 Å². The number of amides is 1. The molecule has 1 aliphatic rings. The zero-order valence-corrected chi connectivity index (χ0v) is 8.55. The van der Waals surface area contributed by atoms with Crippen LogP contribution in [0.2, 0.25) is 0 Å².